The molecule has 4 nitrogen and oxygen atoms in total. The molecule has 2 aromatic carbocycles. The number of methoxy groups -OCH3 is 1. The lowest BCUT2D eigenvalue weighted by Gasteiger charge is -2.07. The predicted molar refractivity (Wildman–Crippen MR) is 74.7 cm³/mol. The second kappa shape index (κ2) is 5.50. The number of hydrogen-bond acceptors (Lipinski definition) is 4. The highest BCUT2D eigenvalue weighted by Crippen LogP contribution is 2.21. The Bertz CT molecular complexity index is 712. The molecular weight excluding hydrogens is 281 g/mol. The second-order valence-electron chi connectivity index (χ2n) is 4.29. The number of halogens is 1. The van der Waals surface area contributed by atoms with Gasteiger partial charge in [-0.05, 0) is 35.9 Å². The molecule has 0 amide bonds. The first-order valence-electron chi connectivity index (χ1n) is 5.83. The molecule has 0 spiro atoms. The molecule has 0 aliphatic heterocycles. The summed E-state index contributed by atoms with van der Waals surface area (Å²) in [6.45, 7) is 0. The van der Waals surface area contributed by atoms with E-state index in [1.54, 1.807) is 24.3 Å². The van der Waals surface area contributed by atoms with E-state index in [0.717, 1.165) is 6.07 Å². The van der Waals surface area contributed by atoms with Crippen LogP contribution in [0.25, 0.3) is 0 Å². The molecule has 2 aromatic rings. The summed E-state index contributed by atoms with van der Waals surface area (Å²) in [5.74, 6) is -0.300. The zero-order valence-corrected chi connectivity index (χ0v) is 11.7. The quantitative estimate of drug-likeness (QED) is 0.879. The normalized spacial score (nSPS) is 11.3. The smallest absolute Gasteiger partial charge is 0.182 e. The Balaban J connectivity index is 2.27. The zero-order chi connectivity index (χ0) is 14.8. The molecule has 0 unspecified atom stereocenters. The van der Waals surface area contributed by atoms with Crippen LogP contribution in [0, 0.1) is 5.82 Å². The monoisotopic (exact) mass is 295 g/mol. The maximum absolute atomic E-state index is 13.3. The van der Waals surface area contributed by atoms with Crippen LogP contribution < -0.4 is 10.5 Å². The maximum atomic E-state index is 13.3. The number of nitrogen functional groups attached to an aromatic ring is 1. The maximum Gasteiger partial charge on any atom is 0.182 e. The number of nitrogens with two attached hydrogens (primary N) is 1. The first-order chi connectivity index (χ1) is 9.42. The molecular formula is C14H14FNO3S. The van der Waals surface area contributed by atoms with Gasteiger partial charge in [-0.1, -0.05) is 12.1 Å². The highest BCUT2D eigenvalue weighted by Gasteiger charge is 2.17. The van der Waals surface area contributed by atoms with Crippen LogP contribution in [-0.2, 0) is 15.6 Å². The van der Waals surface area contributed by atoms with Crippen LogP contribution in [0.2, 0.25) is 0 Å². The van der Waals surface area contributed by atoms with Gasteiger partial charge in [0.05, 0.1) is 23.4 Å². The summed E-state index contributed by atoms with van der Waals surface area (Å²) >= 11 is 0. The molecule has 0 bridgehead atoms. The number of hydrogen-bond donors (Lipinski definition) is 1. The van der Waals surface area contributed by atoms with Gasteiger partial charge in [0, 0.05) is 0 Å². The predicted octanol–water partition coefficient (Wildman–Crippen LogP) is 2.39. The van der Waals surface area contributed by atoms with E-state index in [-0.39, 0.29) is 16.3 Å². The van der Waals surface area contributed by atoms with Gasteiger partial charge in [0.25, 0.3) is 0 Å². The van der Waals surface area contributed by atoms with Gasteiger partial charge in [-0.3, -0.25) is 0 Å². The number of rotatable bonds is 4. The van der Waals surface area contributed by atoms with Gasteiger partial charge in [0.1, 0.15) is 11.6 Å². The fourth-order valence-electron chi connectivity index (χ4n) is 1.73. The Labute approximate surface area is 116 Å². The lowest BCUT2D eigenvalue weighted by Crippen LogP contribution is -2.06. The molecule has 0 saturated heterocycles. The molecule has 2 N–H and O–H groups in total. The largest absolute Gasteiger partial charge is 0.497 e. The minimum absolute atomic E-state index is 0.0756. The third-order valence-electron chi connectivity index (χ3n) is 2.85. The van der Waals surface area contributed by atoms with Gasteiger partial charge >= 0.3 is 0 Å². The number of anilines is 1. The van der Waals surface area contributed by atoms with Crippen molar-refractivity contribution in [2.75, 3.05) is 12.8 Å². The zero-order valence-electron chi connectivity index (χ0n) is 10.8. The molecule has 0 aromatic heterocycles. The van der Waals surface area contributed by atoms with E-state index in [0.29, 0.717) is 11.3 Å². The molecule has 2 rings (SSSR count). The summed E-state index contributed by atoms with van der Waals surface area (Å²) in [6, 6.07) is 10.2. The first-order valence-corrected chi connectivity index (χ1v) is 7.48. The van der Waals surface area contributed by atoms with Gasteiger partial charge in [-0.15, -0.1) is 0 Å². The molecule has 0 radical (unpaired) electrons. The van der Waals surface area contributed by atoms with Crippen LogP contribution >= 0.6 is 0 Å². The minimum Gasteiger partial charge on any atom is -0.497 e. The van der Waals surface area contributed by atoms with E-state index in [4.69, 9.17) is 10.5 Å². The first kappa shape index (κ1) is 14.3. The van der Waals surface area contributed by atoms with Gasteiger partial charge in [0.2, 0.25) is 0 Å². The molecule has 0 aliphatic carbocycles. The Kier molecular flexibility index (Phi) is 3.94. The van der Waals surface area contributed by atoms with E-state index < -0.39 is 15.7 Å². The molecule has 106 valence electrons. The summed E-state index contributed by atoms with van der Waals surface area (Å²) in [5.41, 5.74) is 5.86. The van der Waals surface area contributed by atoms with Crippen LogP contribution in [0.4, 0.5) is 10.1 Å². The molecule has 6 heteroatoms. The summed E-state index contributed by atoms with van der Waals surface area (Å²) in [6.07, 6.45) is 0. The van der Waals surface area contributed by atoms with Crippen molar-refractivity contribution in [3.8, 4) is 5.75 Å². The average molecular weight is 295 g/mol. The molecule has 0 fully saturated rings. The molecule has 0 aliphatic rings. The average Bonchev–Trinajstić information content (AvgIpc) is 2.42. The summed E-state index contributed by atoms with van der Waals surface area (Å²) in [4.78, 5) is -0.0833. The summed E-state index contributed by atoms with van der Waals surface area (Å²) in [5, 5.41) is 0. The number of sulfone groups is 1. The minimum atomic E-state index is -3.61. The van der Waals surface area contributed by atoms with Crippen molar-refractivity contribution in [3.63, 3.8) is 0 Å². The number of benzene rings is 2. The van der Waals surface area contributed by atoms with Crippen LogP contribution in [-0.4, -0.2) is 15.5 Å². The molecule has 20 heavy (non-hydrogen) atoms. The van der Waals surface area contributed by atoms with Crippen molar-refractivity contribution in [1.82, 2.24) is 0 Å². The summed E-state index contributed by atoms with van der Waals surface area (Å²) < 4.78 is 42.7. The van der Waals surface area contributed by atoms with Crippen molar-refractivity contribution < 1.29 is 17.5 Å². The van der Waals surface area contributed by atoms with E-state index in [9.17, 15) is 12.8 Å². The molecule has 0 heterocycles. The topological polar surface area (TPSA) is 69.4 Å². The Morgan fingerprint density at radius 1 is 1.15 bits per heavy atom. The fraction of sp³-hybridized carbons (Fsp3) is 0.143. The molecule has 0 saturated carbocycles. The SMILES string of the molecule is COc1ccc(CS(=O)(=O)c2ccc(N)c(F)c2)cc1. The van der Waals surface area contributed by atoms with Crippen LogP contribution in [0.3, 0.4) is 0 Å². The highest BCUT2D eigenvalue weighted by molar-refractivity contribution is 7.90. The standard InChI is InChI=1S/C14H14FNO3S/c1-19-11-4-2-10(3-5-11)9-20(17,18)12-6-7-14(16)13(15)8-12/h2-8H,9,16H2,1H3. The van der Waals surface area contributed by atoms with E-state index in [2.05, 4.69) is 0 Å². The van der Waals surface area contributed by atoms with Crippen LogP contribution in [0.5, 0.6) is 5.75 Å². The van der Waals surface area contributed by atoms with Crippen molar-refractivity contribution in [1.29, 1.82) is 0 Å². The van der Waals surface area contributed by atoms with Gasteiger partial charge in [0.15, 0.2) is 9.84 Å². The lowest BCUT2D eigenvalue weighted by molar-refractivity contribution is 0.414. The highest BCUT2D eigenvalue weighted by atomic mass is 32.2. The lowest BCUT2D eigenvalue weighted by atomic mass is 10.2. The van der Waals surface area contributed by atoms with Crippen LogP contribution in [0.1, 0.15) is 5.56 Å². The Morgan fingerprint density at radius 2 is 1.80 bits per heavy atom. The van der Waals surface area contributed by atoms with Gasteiger partial charge in [-0.25, -0.2) is 12.8 Å². The Morgan fingerprint density at radius 3 is 2.35 bits per heavy atom. The third-order valence-corrected chi connectivity index (χ3v) is 4.53. The van der Waals surface area contributed by atoms with Crippen molar-refractivity contribution >= 4 is 15.5 Å². The van der Waals surface area contributed by atoms with E-state index in [1.165, 1.54) is 19.2 Å². The van der Waals surface area contributed by atoms with E-state index >= 15 is 0 Å². The van der Waals surface area contributed by atoms with Crippen molar-refractivity contribution in [3.05, 3.63) is 53.8 Å². The Hall–Kier alpha value is -2.08. The van der Waals surface area contributed by atoms with E-state index in [1.807, 2.05) is 0 Å². The number of ether oxygens (including phenoxy) is 1. The van der Waals surface area contributed by atoms with Crippen molar-refractivity contribution in [2.24, 2.45) is 0 Å². The third kappa shape index (κ3) is 3.08. The summed E-state index contributed by atoms with van der Waals surface area (Å²) in [7, 11) is -2.08. The van der Waals surface area contributed by atoms with Gasteiger partial charge in [-0.2, -0.15) is 0 Å². The fourth-order valence-corrected chi connectivity index (χ4v) is 3.08. The molecule has 0 atom stereocenters. The van der Waals surface area contributed by atoms with Crippen molar-refractivity contribution in [2.45, 2.75) is 10.6 Å². The van der Waals surface area contributed by atoms with Gasteiger partial charge < -0.3 is 10.5 Å². The van der Waals surface area contributed by atoms with Crippen LogP contribution in [0.15, 0.2) is 47.4 Å². The second-order valence-corrected chi connectivity index (χ2v) is 6.28.